The van der Waals surface area contributed by atoms with Crippen molar-refractivity contribution >= 4 is 34.4 Å². The lowest BCUT2D eigenvalue weighted by Gasteiger charge is -2.29. The first-order chi connectivity index (χ1) is 12.5. The Morgan fingerprint density at radius 3 is 1.77 bits per heavy atom. The van der Waals surface area contributed by atoms with E-state index < -0.39 is 11.8 Å². The zero-order chi connectivity index (χ0) is 18.4. The van der Waals surface area contributed by atoms with Crippen LogP contribution in [-0.2, 0) is 0 Å². The summed E-state index contributed by atoms with van der Waals surface area (Å²) in [5.74, 6) is -1.73. The van der Waals surface area contributed by atoms with Gasteiger partial charge in [0.25, 0.3) is 23.6 Å². The number of hydrogen-bond acceptors (Lipinski definition) is 4. The molecule has 2 aliphatic heterocycles. The summed E-state index contributed by atoms with van der Waals surface area (Å²) in [5.41, 5.74) is 1.38. The number of amides is 4. The fourth-order valence-electron chi connectivity index (χ4n) is 3.75. The van der Waals surface area contributed by atoms with E-state index >= 15 is 0 Å². The van der Waals surface area contributed by atoms with Gasteiger partial charge in [-0.25, -0.2) is 0 Å². The van der Waals surface area contributed by atoms with Gasteiger partial charge in [-0.05, 0) is 30.7 Å². The highest BCUT2D eigenvalue weighted by Gasteiger charge is 2.36. The Hall–Kier alpha value is -3.02. The number of benzene rings is 2. The largest absolute Gasteiger partial charge is 0.288 e. The van der Waals surface area contributed by atoms with Crippen molar-refractivity contribution in [3.05, 3.63) is 46.5 Å². The number of hydrogen-bond donors (Lipinski definition) is 1. The van der Waals surface area contributed by atoms with Crippen molar-refractivity contribution in [3.63, 3.8) is 0 Å². The molecule has 0 aromatic heterocycles. The average Bonchev–Trinajstić information content (AvgIpc) is 2.63. The SMILES string of the molecule is CCCCCCN1C(=O)c2ccc3c4c(ccc(c24)C1=O)C(=O)NC3=O. The van der Waals surface area contributed by atoms with Crippen LogP contribution in [0.2, 0.25) is 0 Å². The molecule has 0 bridgehead atoms. The summed E-state index contributed by atoms with van der Waals surface area (Å²) in [6.45, 7) is 2.48. The molecule has 26 heavy (non-hydrogen) atoms. The van der Waals surface area contributed by atoms with E-state index in [1.54, 1.807) is 24.3 Å². The predicted octanol–water partition coefficient (Wildman–Crippen LogP) is 2.90. The molecule has 4 amide bonds. The van der Waals surface area contributed by atoms with Crippen LogP contribution in [0.25, 0.3) is 10.8 Å². The summed E-state index contributed by atoms with van der Waals surface area (Å²) in [6.07, 6.45) is 3.86. The Labute approximate surface area is 150 Å². The van der Waals surface area contributed by atoms with Crippen molar-refractivity contribution in [3.8, 4) is 0 Å². The van der Waals surface area contributed by atoms with Crippen LogP contribution in [-0.4, -0.2) is 35.1 Å². The van der Waals surface area contributed by atoms with Gasteiger partial charge in [0.05, 0.1) is 0 Å². The Morgan fingerprint density at radius 2 is 1.23 bits per heavy atom. The first kappa shape index (κ1) is 16.4. The van der Waals surface area contributed by atoms with E-state index in [0.717, 1.165) is 25.7 Å². The lowest BCUT2D eigenvalue weighted by atomic mass is 9.86. The fraction of sp³-hybridized carbons (Fsp3) is 0.300. The van der Waals surface area contributed by atoms with E-state index in [1.807, 2.05) is 0 Å². The van der Waals surface area contributed by atoms with Gasteiger partial charge >= 0.3 is 0 Å². The van der Waals surface area contributed by atoms with Gasteiger partial charge in [-0.15, -0.1) is 0 Å². The van der Waals surface area contributed by atoms with Gasteiger partial charge in [0, 0.05) is 39.6 Å². The highest BCUT2D eigenvalue weighted by molar-refractivity contribution is 6.33. The molecule has 0 spiro atoms. The summed E-state index contributed by atoms with van der Waals surface area (Å²) in [4.78, 5) is 51.3. The maximum atomic E-state index is 12.9. The number of unbranched alkanes of at least 4 members (excludes halogenated alkanes) is 3. The van der Waals surface area contributed by atoms with E-state index in [4.69, 9.17) is 0 Å². The molecule has 2 aliphatic rings. The molecule has 0 radical (unpaired) electrons. The Morgan fingerprint density at radius 1 is 0.731 bits per heavy atom. The smallest absolute Gasteiger partial charge is 0.261 e. The third-order valence-corrected chi connectivity index (χ3v) is 5.06. The van der Waals surface area contributed by atoms with E-state index in [9.17, 15) is 19.2 Å². The normalized spacial score (nSPS) is 15.7. The Balaban J connectivity index is 1.84. The van der Waals surface area contributed by atoms with Crippen molar-refractivity contribution in [2.45, 2.75) is 32.6 Å². The highest BCUT2D eigenvalue weighted by Crippen LogP contribution is 2.36. The molecule has 6 nitrogen and oxygen atoms in total. The molecule has 0 atom stereocenters. The number of carbonyl (C=O) groups is 4. The number of carbonyl (C=O) groups excluding carboxylic acids is 4. The Kier molecular flexibility index (Phi) is 3.83. The maximum absolute atomic E-state index is 12.9. The molecule has 2 aromatic rings. The van der Waals surface area contributed by atoms with Crippen LogP contribution >= 0.6 is 0 Å². The van der Waals surface area contributed by atoms with Gasteiger partial charge in [0.2, 0.25) is 0 Å². The standard InChI is InChI=1S/C20H18N2O4/c1-2-3-4-5-10-22-19(25)13-8-6-11-15-12(18(24)21-17(11)23)7-9-14(16(13)15)20(22)26/h6-9H,2-5,10H2,1H3,(H,21,23,24). The van der Waals surface area contributed by atoms with Crippen LogP contribution in [0.15, 0.2) is 24.3 Å². The van der Waals surface area contributed by atoms with E-state index in [1.165, 1.54) is 4.90 Å². The second kappa shape index (κ2) is 6.05. The van der Waals surface area contributed by atoms with Crippen molar-refractivity contribution < 1.29 is 19.2 Å². The summed E-state index contributed by atoms with van der Waals surface area (Å²) < 4.78 is 0. The number of imide groups is 2. The lowest BCUT2D eigenvalue weighted by molar-refractivity contribution is 0.0606. The van der Waals surface area contributed by atoms with Crippen LogP contribution in [0.1, 0.15) is 74.0 Å². The van der Waals surface area contributed by atoms with Crippen molar-refractivity contribution in [1.82, 2.24) is 10.2 Å². The predicted molar refractivity (Wildman–Crippen MR) is 95.3 cm³/mol. The van der Waals surface area contributed by atoms with Crippen molar-refractivity contribution in [2.24, 2.45) is 0 Å². The minimum atomic E-state index is -0.506. The van der Waals surface area contributed by atoms with Gasteiger partial charge < -0.3 is 0 Å². The molecule has 1 N–H and O–H groups in total. The van der Waals surface area contributed by atoms with Crippen molar-refractivity contribution in [1.29, 1.82) is 0 Å². The van der Waals surface area contributed by atoms with Gasteiger partial charge in [-0.1, -0.05) is 26.2 Å². The second-order valence-electron chi connectivity index (χ2n) is 6.68. The van der Waals surface area contributed by atoms with Crippen LogP contribution in [0.4, 0.5) is 0 Å². The minimum absolute atomic E-state index is 0.317. The number of nitrogens with one attached hydrogen (secondary N) is 1. The van der Waals surface area contributed by atoms with Crippen LogP contribution in [0.3, 0.4) is 0 Å². The van der Waals surface area contributed by atoms with E-state index in [2.05, 4.69) is 12.2 Å². The first-order valence-corrected chi connectivity index (χ1v) is 8.86. The third kappa shape index (κ3) is 2.25. The van der Waals surface area contributed by atoms with Crippen LogP contribution < -0.4 is 5.32 Å². The summed E-state index contributed by atoms with van der Waals surface area (Å²) in [6, 6.07) is 6.26. The van der Waals surface area contributed by atoms with E-state index in [0.29, 0.717) is 39.6 Å². The molecule has 0 saturated heterocycles. The number of nitrogens with zero attached hydrogens (tertiary/aromatic N) is 1. The Bertz CT molecular complexity index is 924. The zero-order valence-corrected chi connectivity index (χ0v) is 14.4. The van der Waals surface area contributed by atoms with Gasteiger partial charge in [0.1, 0.15) is 0 Å². The summed E-state index contributed by atoms with van der Waals surface area (Å²) in [5, 5.41) is 3.11. The maximum Gasteiger partial charge on any atom is 0.261 e. The third-order valence-electron chi connectivity index (χ3n) is 5.06. The fourth-order valence-corrected chi connectivity index (χ4v) is 3.75. The van der Waals surface area contributed by atoms with Crippen LogP contribution in [0.5, 0.6) is 0 Å². The quantitative estimate of drug-likeness (QED) is 0.664. The monoisotopic (exact) mass is 350 g/mol. The molecular weight excluding hydrogens is 332 g/mol. The van der Waals surface area contributed by atoms with Crippen molar-refractivity contribution in [2.75, 3.05) is 6.54 Å². The van der Waals surface area contributed by atoms with Gasteiger partial charge in [0.15, 0.2) is 0 Å². The van der Waals surface area contributed by atoms with Crippen LogP contribution in [0, 0.1) is 0 Å². The molecule has 4 rings (SSSR count). The van der Waals surface area contributed by atoms with Gasteiger partial charge in [-0.2, -0.15) is 0 Å². The van der Waals surface area contributed by atoms with E-state index in [-0.39, 0.29) is 11.8 Å². The molecule has 0 fully saturated rings. The lowest BCUT2D eigenvalue weighted by Crippen LogP contribution is -2.42. The molecule has 132 valence electrons. The molecule has 2 aromatic carbocycles. The molecule has 6 heteroatoms. The summed E-state index contributed by atoms with van der Waals surface area (Å²) >= 11 is 0. The van der Waals surface area contributed by atoms with Gasteiger partial charge in [-0.3, -0.25) is 29.4 Å². The molecule has 0 saturated carbocycles. The average molecular weight is 350 g/mol. The molecular formula is C20H18N2O4. The minimum Gasteiger partial charge on any atom is -0.288 e. The zero-order valence-electron chi connectivity index (χ0n) is 14.4. The first-order valence-electron chi connectivity index (χ1n) is 8.86. The second-order valence-corrected chi connectivity index (χ2v) is 6.68. The highest BCUT2D eigenvalue weighted by atomic mass is 16.2. The molecule has 2 heterocycles. The molecule has 0 aliphatic carbocycles. The molecule has 0 unspecified atom stereocenters. The summed E-state index contributed by atoms with van der Waals surface area (Å²) in [7, 11) is 0. The topological polar surface area (TPSA) is 83.6 Å². The number of rotatable bonds is 5.